The molecule has 8 nitrogen and oxygen atoms in total. The van der Waals surface area contributed by atoms with Crippen molar-refractivity contribution in [3.05, 3.63) is 64.3 Å². The molecule has 0 spiro atoms. The summed E-state index contributed by atoms with van der Waals surface area (Å²) in [6, 6.07) is 8.89. The number of anilines is 1. The van der Waals surface area contributed by atoms with E-state index in [2.05, 4.69) is 15.5 Å². The molecule has 0 aliphatic carbocycles. The van der Waals surface area contributed by atoms with Crippen LogP contribution in [-0.2, 0) is 15.9 Å². The molecule has 1 atom stereocenters. The summed E-state index contributed by atoms with van der Waals surface area (Å²) in [7, 11) is -1.57. The normalized spacial score (nSPS) is 13.1. The van der Waals surface area contributed by atoms with Crippen LogP contribution in [0.15, 0.2) is 41.3 Å². The smallest absolute Gasteiger partial charge is 0.435 e. The first-order valence-corrected chi connectivity index (χ1v) is 12.1. The maximum Gasteiger partial charge on any atom is 0.435 e. The number of methoxy groups -OCH3 is 1. The van der Waals surface area contributed by atoms with Gasteiger partial charge in [-0.3, -0.25) is 4.79 Å². The molecule has 1 heterocycles. The predicted octanol–water partition coefficient (Wildman–Crippen LogP) is 5.51. The largest absolute Gasteiger partial charge is 0.496 e. The fourth-order valence-electron chi connectivity index (χ4n) is 3.52. The van der Waals surface area contributed by atoms with Crippen molar-refractivity contribution < 1.29 is 31.6 Å². The number of nitrogens with one attached hydrogen (secondary N) is 2. The van der Waals surface area contributed by atoms with Crippen molar-refractivity contribution >= 4 is 21.3 Å². The summed E-state index contributed by atoms with van der Waals surface area (Å²) in [5, 5.41) is 9.29. The molecule has 0 radical (unpaired) electrons. The van der Waals surface area contributed by atoms with Gasteiger partial charge in [0.15, 0.2) is 5.69 Å². The van der Waals surface area contributed by atoms with E-state index in [0.717, 1.165) is 6.92 Å². The van der Waals surface area contributed by atoms with Crippen LogP contribution in [0, 0.1) is 25.6 Å². The minimum absolute atomic E-state index is 0.140. The van der Waals surface area contributed by atoms with E-state index < -0.39 is 44.5 Å². The van der Waals surface area contributed by atoms with Crippen LogP contribution < -0.4 is 14.8 Å². The average molecular weight is 509 g/mol. The molecule has 0 aliphatic heterocycles. The van der Waals surface area contributed by atoms with Gasteiger partial charge in [-0.25, -0.2) is 8.99 Å². The van der Waals surface area contributed by atoms with Crippen molar-refractivity contribution in [1.82, 2.24) is 10.2 Å². The Bertz CT molecular complexity index is 1380. The van der Waals surface area contributed by atoms with Gasteiger partial charge >= 0.3 is 6.18 Å². The number of benzene rings is 2. The number of aryl methyl sites for hydroxylation is 2. The van der Waals surface area contributed by atoms with Crippen LogP contribution in [0.2, 0.25) is 0 Å². The predicted molar refractivity (Wildman–Crippen MR) is 124 cm³/mol. The molecule has 0 aliphatic rings. The van der Waals surface area contributed by atoms with Gasteiger partial charge in [-0.05, 0) is 67.8 Å². The highest BCUT2D eigenvalue weighted by atomic mass is 32.2. The van der Waals surface area contributed by atoms with E-state index in [-0.39, 0.29) is 16.3 Å². The van der Waals surface area contributed by atoms with Crippen LogP contribution in [0.25, 0.3) is 0 Å². The zero-order chi connectivity index (χ0) is 26.1. The second kappa shape index (κ2) is 9.53. The molecule has 0 fully saturated rings. The Kier molecular flexibility index (Phi) is 7.06. The minimum atomic E-state index is -4.85. The fraction of sp³-hybridized carbons (Fsp3) is 0.261. The SMILES string of the molecule is COc1c(C)cc(Oc2nnc(C(F)(F)F)c(C)c2C(=O)Nc2cccc(S(C)(=N)=O)c2)cc1C. The van der Waals surface area contributed by atoms with Gasteiger partial charge in [-0.2, -0.15) is 13.2 Å². The molecule has 1 amide bonds. The molecule has 1 aromatic heterocycles. The van der Waals surface area contributed by atoms with Crippen LogP contribution in [0.5, 0.6) is 17.4 Å². The van der Waals surface area contributed by atoms with Gasteiger partial charge < -0.3 is 14.8 Å². The van der Waals surface area contributed by atoms with Crippen molar-refractivity contribution in [2.24, 2.45) is 0 Å². The van der Waals surface area contributed by atoms with E-state index >= 15 is 0 Å². The van der Waals surface area contributed by atoms with Gasteiger partial charge in [0.25, 0.3) is 11.8 Å². The summed E-state index contributed by atoms with van der Waals surface area (Å²) in [5.74, 6) is -0.519. The van der Waals surface area contributed by atoms with Crippen molar-refractivity contribution in [2.45, 2.75) is 31.8 Å². The number of amides is 1. The Labute approximate surface area is 200 Å². The van der Waals surface area contributed by atoms with Gasteiger partial charge in [-0.1, -0.05) is 6.07 Å². The quantitative estimate of drug-likeness (QED) is 0.454. The Balaban J connectivity index is 2.09. The molecule has 0 saturated heterocycles. The summed E-state index contributed by atoms with van der Waals surface area (Å²) >= 11 is 0. The van der Waals surface area contributed by atoms with E-state index in [1.165, 1.54) is 37.6 Å². The van der Waals surface area contributed by atoms with Crippen LogP contribution in [-0.4, -0.2) is 33.7 Å². The highest BCUT2D eigenvalue weighted by Crippen LogP contribution is 2.36. The third-order valence-corrected chi connectivity index (χ3v) is 6.23. The van der Waals surface area contributed by atoms with Crippen molar-refractivity contribution in [3.63, 3.8) is 0 Å². The van der Waals surface area contributed by atoms with E-state index in [4.69, 9.17) is 14.3 Å². The topological polar surface area (TPSA) is 114 Å². The first-order chi connectivity index (χ1) is 16.2. The highest BCUT2D eigenvalue weighted by molar-refractivity contribution is 7.91. The molecular formula is C23H23F3N4O4S. The number of alkyl halides is 3. The maximum atomic E-state index is 13.5. The molecule has 35 heavy (non-hydrogen) atoms. The van der Waals surface area contributed by atoms with E-state index in [1.54, 1.807) is 26.0 Å². The zero-order valence-electron chi connectivity index (χ0n) is 19.5. The maximum absolute atomic E-state index is 13.5. The number of aromatic nitrogens is 2. The van der Waals surface area contributed by atoms with Gasteiger partial charge in [0, 0.05) is 16.8 Å². The number of rotatable bonds is 6. The van der Waals surface area contributed by atoms with Crippen LogP contribution >= 0.6 is 0 Å². The van der Waals surface area contributed by atoms with Crippen molar-refractivity contribution in [2.75, 3.05) is 18.7 Å². The standard InChI is InChI=1S/C23H23F3N4O4S/c1-12-9-16(10-13(2)19(12)33-4)34-22-18(14(3)20(29-30-22)23(24,25)26)21(31)28-15-7-6-8-17(11-15)35(5,27)32/h6-11,27H,1-5H3,(H,28,31). The lowest BCUT2D eigenvalue weighted by atomic mass is 10.1. The Morgan fingerprint density at radius 2 is 1.71 bits per heavy atom. The second-order valence-electron chi connectivity index (χ2n) is 7.87. The first-order valence-electron chi connectivity index (χ1n) is 10.1. The summed E-state index contributed by atoms with van der Waals surface area (Å²) in [6.07, 6.45) is -3.64. The van der Waals surface area contributed by atoms with Crippen molar-refractivity contribution in [1.29, 1.82) is 4.78 Å². The Morgan fingerprint density at radius 1 is 1.09 bits per heavy atom. The number of carbonyl (C=O) groups is 1. The zero-order valence-corrected chi connectivity index (χ0v) is 20.4. The third kappa shape index (κ3) is 5.70. The number of ether oxygens (including phenoxy) is 2. The number of nitrogens with zero attached hydrogens (tertiary/aromatic N) is 2. The molecular weight excluding hydrogens is 485 g/mol. The third-order valence-electron chi connectivity index (χ3n) is 5.07. The molecule has 0 bridgehead atoms. The number of carbonyl (C=O) groups excluding carboxylic acids is 1. The van der Waals surface area contributed by atoms with Crippen LogP contribution in [0.1, 0.15) is 32.7 Å². The minimum Gasteiger partial charge on any atom is -0.496 e. The lowest BCUT2D eigenvalue weighted by Gasteiger charge is -2.17. The number of hydrogen-bond acceptors (Lipinski definition) is 7. The molecule has 2 N–H and O–H groups in total. The molecule has 186 valence electrons. The second-order valence-corrected chi connectivity index (χ2v) is 10.0. The van der Waals surface area contributed by atoms with E-state index in [1.807, 2.05) is 0 Å². The van der Waals surface area contributed by atoms with E-state index in [9.17, 15) is 22.2 Å². The summed E-state index contributed by atoms with van der Waals surface area (Å²) < 4.78 is 71.3. The monoisotopic (exact) mass is 508 g/mol. The Morgan fingerprint density at radius 3 is 2.26 bits per heavy atom. The number of halogens is 3. The average Bonchev–Trinajstić information content (AvgIpc) is 2.72. The van der Waals surface area contributed by atoms with Crippen LogP contribution in [0.3, 0.4) is 0 Å². The molecule has 12 heteroatoms. The van der Waals surface area contributed by atoms with Crippen LogP contribution in [0.4, 0.5) is 18.9 Å². The first kappa shape index (κ1) is 25.9. The lowest BCUT2D eigenvalue weighted by molar-refractivity contribution is -0.142. The molecule has 3 rings (SSSR count). The molecule has 2 aromatic carbocycles. The van der Waals surface area contributed by atoms with Gasteiger partial charge in [0.05, 0.1) is 16.8 Å². The molecule has 0 saturated carbocycles. The highest BCUT2D eigenvalue weighted by Gasteiger charge is 2.38. The van der Waals surface area contributed by atoms with Gasteiger partial charge in [0.2, 0.25) is 0 Å². The molecule has 3 aromatic rings. The fourth-order valence-corrected chi connectivity index (χ4v) is 4.21. The molecule has 1 unspecified atom stereocenters. The number of hydrogen-bond donors (Lipinski definition) is 2. The summed E-state index contributed by atoms with van der Waals surface area (Å²) in [4.78, 5) is 13.3. The van der Waals surface area contributed by atoms with Gasteiger partial charge in [0.1, 0.15) is 17.1 Å². The summed E-state index contributed by atoms with van der Waals surface area (Å²) in [5.41, 5.74) is -0.708. The van der Waals surface area contributed by atoms with Crippen molar-refractivity contribution in [3.8, 4) is 17.4 Å². The van der Waals surface area contributed by atoms with E-state index in [0.29, 0.717) is 16.9 Å². The summed E-state index contributed by atoms with van der Waals surface area (Å²) in [6.45, 7) is 4.63. The Hall–Kier alpha value is -3.67. The lowest BCUT2D eigenvalue weighted by Crippen LogP contribution is -2.21. The van der Waals surface area contributed by atoms with Gasteiger partial charge in [-0.15, -0.1) is 10.2 Å².